The summed E-state index contributed by atoms with van der Waals surface area (Å²) in [7, 11) is 0. The number of nitrogens with one attached hydrogen (secondary N) is 1. The Morgan fingerprint density at radius 1 is 1.32 bits per heavy atom. The molecule has 0 aromatic heterocycles. The Morgan fingerprint density at radius 3 is 2.74 bits per heavy atom. The van der Waals surface area contributed by atoms with Crippen molar-refractivity contribution in [3.8, 4) is 5.75 Å². The van der Waals surface area contributed by atoms with E-state index in [1.807, 2.05) is 0 Å². The van der Waals surface area contributed by atoms with Crippen LogP contribution in [0, 0.1) is 24.6 Å². The van der Waals surface area contributed by atoms with Gasteiger partial charge < -0.3 is 10.1 Å². The predicted octanol–water partition coefficient (Wildman–Crippen LogP) is 3.55. The van der Waals surface area contributed by atoms with Gasteiger partial charge in [0.25, 0.3) is 0 Å². The SMILES string of the molecule is Cc1ccc(Cl)c(O[C@@H](C2CC2)[C@H]2CCNC2)c1F. The van der Waals surface area contributed by atoms with Crippen molar-refractivity contribution in [1.29, 1.82) is 0 Å². The van der Waals surface area contributed by atoms with E-state index < -0.39 is 0 Å². The smallest absolute Gasteiger partial charge is 0.174 e. The van der Waals surface area contributed by atoms with Crippen LogP contribution in [0.5, 0.6) is 5.75 Å². The van der Waals surface area contributed by atoms with E-state index in [4.69, 9.17) is 16.3 Å². The highest BCUT2D eigenvalue weighted by Crippen LogP contribution is 2.41. The molecule has 19 heavy (non-hydrogen) atoms. The lowest BCUT2D eigenvalue weighted by atomic mass is 9.97. The van der Waals surface area contributed by atoms with Gasteiger partial charge in [-0.1, -0.05) is 17.7 Å². The van der Waals surface area contributed by atoms with Gasteiger partial charge in [0.15, 0.2) is 11.6 Å². The fourth-order valence-corrected chi connectivity index (χ4v) is 3.03. The molecule has 1 N–H and O–H groups in total. The first-order valence-electron chi connectivity index (χ1n) is 6.99. The van der Waals surface area contributed by atoms with Crippen LogP contribution in [-0.2, 0) is 0 Å². The average Bonchev–Trinajstić information content (AvgIpc) is 3.09. The normalized spacial score (nSPS) is 24.5. The van der Waals surface area contributed by atoms with Gasteiger partial charge in [-0.25, -0.2) is 4.39 Å². The summed E-state index contributed by atoms with van der Waals surface area (Å²) < 4.78 is 20.2. The van der Waals surface area contributed by atoms with Crippen LogP contribution in [0.2, 0.25) is 5.02 Å². The van der Waals surface area contributed by atoms with E-state index in [1.54, 1.807) is 19.1 Å². The van der Waals surface area contributed by atoms with Crippen LogP contribution in [0.1, 0.15) is 24.8 Å². The van der Waals surface area contributed by atoms with Gasteiger partial charge in [0.05, 0.1) is 5.02 Å². The Hall–Kier alpha value is -0.800. The Labute approximate surface area is 118 Å². The van der Waals surface area contributed by atoms with Crippen LogP contribution in [0.4, 0.5) is 4.39 Å². The first kappa shape index (κ1) is 13.2. The summed E-state index contributed by atoms with van der Waals surface area (Å²) in [6.45, 7) is 3.73. The zero-order valence-corrected chi connectivity index (χ0v) is 11.8. The summed E-state index contributed by atoms with van der Waals surface area (Å²) in [5.41, 5.74) is 0.582. The van der Waals surface area contributed by atoms with Crippen molar-refractivity contribution in [2.75, 3.05) is 13.1 Å². The third kappa shape index (κ3) is 2.72. The van der Waals surface area contributed by atoms with Crippen LogP contribution in [0.25, 0.3) is 0 Å². The molecule has 2 fully saturated rings. The van der Waals surface area contributed by atoms with Crippen LogP contribution in [0.15, 0.2) is 12.1 Å². The van der Waals surface area contributed by atoms with E-state index in [2.05, 4.69) is 5.32 Å². The molecule has 0 unspecified atom stereocenters. The van der Waals surface area contributed by atoms with Crippen molar-refractivity contribution < 1.29 is 9.13 Å². The number of halogens is 2. The zero-order chi connectivity index (χ0) is 13.4. The third-order valence-corrected chi connectivity index (χ3v) is 4.44. The van der Waals surface area contributed by atoms with Gasteiger partial charge in [-0.15, -0.1) is 0 Å². The monoisotopic (exact) mass is 283 g/mol. The fraction of sp³-hybridized carbons (Fsp3) is 0.600. The second-order valence-corrected chi connectivity index (χ2v) is 6.09. The second-order valence-electron chi connectivity index (χ2n) is 5.68. The second kappa shape index (κ2) is 5.29. The van der Waals surface area contributed by atoms with E-state index in [0.717, 1.165) is 19.5 Å². The predicted molar refractivity (Wildman–Crippen MR) is 74.3 cm³/mol. The van der Waals surface area contributed by atoms with Crippen LogP contribution in [-0.4, -0.2) is 19.2 Å². The quantitative estimate of drug-likeness (QED) is 0.912. The standard InChI is InChI=1S/C15H19ClFNO/c1-9-2-5-12(16)15(13(9)17)19-14(10-3-4-10)11-6-7-18-8-11/h2,5,10-11,14,18H,3-4,6-8H2,1H3/t11-,14-/m0/s1. The maximum absolute atomic E-state index is 14.2. The molecule has 2 atom stereocenters. The molecule has 2 nitrogen and oxygen atoms in total. The van der Waals surface area contributed by atoms with Crippen molar-refractivity contribution in [1.82, 2.24) is 5.32 Å². The van der Waals surface area contributed by atoms with E-state index in [1.165, 1.54) is 12.8 Å². The molecule has 1 aromatic carbocycles. The molecule has 1 heterocycles. The summed E-state index contributed by atoms with van der Waals surface area (Å²) in [5.74, 6) is 0.971. The van der Waals surface area contributed by atoms with E-state index in [9.17, 15) is 4.39 Å². The molecular weight excluding hydrogens is 265 g/mol. The van der Waals surface area contributed by atoms with Gasteiger partial charge in [0.2, 0.25) is 0 Å². The molecule has 0 radical (unpaired) electrons. The van der Waals surface area contributed by atoms with Gasteiger partial charge in [0.1, 0.15) is 6.10 Å². The molecule has 0 amide bonds. The topological polar surface area (TPSA) is 21.3 Å². The number of hydrogen-bond acceptors (Lipinski definition) is 2. The average molecular weight is 284 g/mol. The number of ether oxygens (including phenoxy) is 1. The molecule has 1 aliphatic heterocycles. The molecule has 0 bridgehead atoms. The van der Waals surface area contributed by atoms with Crippen molar-refractivity contribution >= 4 is 11.6 Å². The summed E-state index contributed by atoms with van der Waals surface area (Å²) in [6.07, 6.45) is 3.58. The summed E-state index contributed by atoms with van der Waals surface area (Å²) >= 11 is 6.10. The van der Waals surface area contributed by atoms with Crippen LogP contribution in [0.3, 0.4) is 0 Å². The molecular formula is C15H19ClFNO. The van der Waals surface area contributed by atoms with Gasteiger partial charge in [0, 0.05) is 12.5 Å². The van der Waals surface area contributed by atoms with Gasteiger partial charge in [-0.2, -0.15) is 0 Å². The molecule has 104 valence electrons. The number of hydrogen-bond donors (Lipinski definition) is 1. The van der Waals surface area contributed by atoms with E-state index in [-0.39, 0.29) is 17.7 Å². The number of aryl methyl sites for hydroxylation is 1. The lowest BCUT2D eigenvalue weighted by molar-refractivity contribution is 0.115. The fourth-order valence-electron chi connectivity index (χ4n) is 2.83. The number of rotatable bonds is 4. The first-order chi connectivity index (χ1) is 9.16. The van der Waals surface area contributed by atoms with E-state index in [0.29, 0.717) is 22.4 Å². The highest BCUT2D eigenvalue weighted by molar-refractivity contribution is 6.32. The van der Waals surface area contributed by atoms with Crippen molar-refractivity contribution in [3.05, 3.63) is 28.5 Å². The molecule has 1 saturated carbocycles. The molecule has 4 heteroatoms. The van der Waals surface area contributed by atoms with Crippen molar-refractivity contribution in [2.45, 2.75) is 32.3 Å². The van der Waals surface area contributed by atoms with Crippen LogP contribution >= 0.6 is 11.6 Å². The highest BCUT2D eigenvalue weighted by Gasteiger charge is 2.40. The lowest BCUT2D eigenvalue weighted by Gasteiger charge is -2.25. The van der Waals surface area contributed by atoms with Gasteiger partial charge in [-0.05, 0) is 50.3 Å². The van der Waals surface area contributed by atoms with Gasteiger partial charge >= 0.3 is 0 Å². The Morgan fingerprint density at radius 2 is 2.11 bits per heavy atom. The zero-order valence-electron chi connectivity index (χ0n) is 11.1. The molecule has 1 saturated heterocycles. The lowest BCUT2D eigenvalue weighted by Crippen LogP contribution is -2.31. The highest BCUT2D eigenvalue weighted by atomic mass is 35.5. The van der Waals surface area contributed by atoms with Crippen LogP contribution < -0.4 is 10.1 Å². The number of benzene rings is 1. The summed E-state index contributed by atoms with van der Waals surface area (Å²) in [6, 6.07) is 3.40. The maximum atomic E-state index is 14.2. The minimum absolute atomic E-state index is 0.101. The Balaban J connectivity index is 1.83. The van der Waals surface area contributed by atoms with Crippen molar-refractivity contribution in [2.24, 2.45) is 11.8 Å². The van der Waals surface area contributed by atoms with E-state index >= 15 is 0 Å². The molecule has 0 spiro atoms. The summed E-state index contributed by atoms with van der Waals surface area (Å²) in [4.78, 5) is 0. The van der Waals surface area contributed by atoms with Crippen molar-refractivity contribution in [3.63, 3.8) is 0 Å². The third-order valence-electron chi connectivity index (χ3n) is 4.15. The first-order valence-corrected chi connectivity index (χ1v) is 7.36. The Bertz CT molecular complexity index is 469. The molecule has 1 aromatic rings. The molecule has 3 rings (SSSR count). The maximum Gasteiger partial charge on any atom is 0.174 e. The molecule has 1 aliphatic carbocycles. The largest absolute Gasteiger partial charge is 0.485 e. The van der Waals surface area contributed by atoms with Gasteiger partial charge in [-0.3, -0.25) is 0 Å². The summed E-state index contributed by atoms with van der Waals surface area (Å²) in [5, 5.41) is 3.73. The Kier molecular flexibility index (Phi) is 3.68. The minimum atomic E-state index is -0.316. The molecule has 2 aliphatic rings. The minimum Gasteiger partial charge on any atom is -0.485 e.